The van der Waals surface area contributed by atoms with Crippen LogP contribution in [0.4, 0.5) is 0 Å². The number of hydrogen-bond donors (Lipinski definition) is 0. The number of ketones is 1. The van der Waals surface area contributed by atoms with E-state index in [0.29, 0.717) is 17.6 Å². The highest BCUT2D eigenvalue weighted by Crippen LogP contribution is 2.40. The van der Waals surface area contributed by atoms with E-state index in [0.717, 1.165) is 19.0 Å². The fourth-order valence-electron chi connectivity index (χ4n) is 3.16. The van der Waals surface area contributed by atoms with Crippen LogP contribution in [-0.2, 0) is 4.79 Å². The SMILES string of the molecule is O=C1C2CC3C[C@@H]1CN(C3)C2. The normalized spacial score (nSPS) is 53.6. The van der Waals surface area contributed by atoms with Gasteiger partial charge in [-0.25, -0.2) is 0 Å². The Hall–Kier alpha value is -0.370. The van der Waals surface area contributed by atoms with E-state index in [2.05, 4.69) is 4.90 Å². The smallest absolute Gasteiger partial charge is 0.141 e. The van der Waals surface area contributed by atoms with Crippen LogP contribution >= 0.6 is 0 Å². The van der Waals surface area contributed by atoms with Crippen molar-refractivity contribution in [3.63, 3.8) is 0 Å². The first-order valence-electron chi connectivity index (χ1n) is 4.59. The minimum Gasteiger partial charge on any atom is -0.302 e. The van der Waals surface area contributed by atoms with E-state index < -0.39 is 0 Å². The van der Waals surface area contributed by atoms with Crippen molar-refractivity contribution >= 4 is 5.78 Å². The van der Waals surface area contributed by atoms with Gasteiger partial charge in [0.15, 0.2) is 0 Å². The van der Waals surface area contributed by atoms with Gasteiger partial charge in [0.05, 0.1) is 0 Å². The van der Waals surface area contributed by atoms with Crippen LogP contribution in [0.2, 0.25) is 0 Å². The highest BCUT2D eigenvalue weighted by atomic mass is 16.1. The Morgan fingerprint density at radius 1 is 1.09 bits per heavy atom. The van der Waals surface area contributed by atoms with Crippen molar-refractivity contribution in [3.8, 4) is 0 Å². The highest BCUT2D eigenvalue weighted by molar-refractivity contribution is 5.85. The summed E-state index contributed by atoms with van der Waals surface area (Å²) in [6.45, 7) is 3.43. The van der Waals surface area contributed by atoms with Crippen LogP contribution in [0.1, 0.15) is 12.8 Å². The molecular weight excluding hydrogens is 138 g/mol. The van der Waals surface area contributed by atoms with E-state index >= 15 is 0 Å². The number of nitrogens with zero attached hydrogens (tertiary/aromatic N) is 1. The first-order chi connectivity index (χ1) is 5.33. The Labute approximate surface area is 66.6 Å². The van der Waals surface area contributed by atoms with Gasteiger partial charge in [0, 0.05) is 31.5 Å². The van der Waals surface area contributed by atoms with Gasteiger partial charge in [0.2, 0.25) is 0 Å². The zero-order valence-corrected chi connectivity index (χ0v) is 6.62. The average molecular weight is 151 g/mol. The second-order valence-corrected chi connectivity index (χ2v) is 4.35. The van der Waals surface area contributed by atoms with Crippen molar-refractivity contribution in [1.82, 2.24) is 4.90 Å². The van der Waals surface area contributed by atoms with Crippen LogP contribution in [0.25, 0.3) is 0 Å². The van der Waals surface area contributed by atoms with Gasteiger partial charge < -0.3 is 4.90 Å². The lowest BCUT2D eigenvalue weighted by molar-refractivity contribution is -0.142. The summed E-state index contributed by atoms with van der Waals surface area (Å²) >= 11 is 0. The molecule has 4 atom stereocenters. The van der Waals surface area contributed by atoms with E-state index in [9.17, 15) is 4.79 Å². The molecule has 4 bridgehead atoms. The van der Waals surface area contributed by atoms with E-state index in [1.807, 2.05) is 0 Å². The third-order valence-electron chi connectivity index (χ3n) is 3.51. The molecule has 3 saturated heterocycles. The lowest BCUT2D eigenvalue weighted by Gasteiger charge is -2.50. The zero-order chi connectivity index (χ0) is 7.42. The maximum atomic E-state index is 11.5. The van der Waals surface area contributed by atoms with Gasteiger partial charge in [0.1, 0.15) is 5.78 Å². The maximum Gasteiger partial charge on any atom is 0.141 e. The molecule has 0 amide bonds. The van der Waals surface area contributed by atoms with Crippen molar-refractivity contribution in [2.45, 2.75) is 12.8 Å². The second-order valence-electron chi connectivity index (χ2n) is 4.35. The summed E-state index contributed by atoms with van der Waals surface area (Å²) in [6.07, 6.45) is 2.40. The molecule has 1 saturated carbocycles. The molecule has 4 fully saturated rings. The molecule has 0 aromatic rings. The Bertz CT molecular complexity index is 182. The first kappa shape index (κ1) is 6.18. The summed E-state index contributed by atoms with van der Waals surface area (Å²) in [6, 6.07) is 0. The molecule has 3 aliphatic heterocycles. The monoisotopic (exact) mass is 151 g/mol. The lowest BCUT2D eigenvalue weighted by atomic mass is 9.67. The number of piperidine rings is 3. The van der Waals surface area contributed by atoms with E-state index in [1.165, 1.54) is 19.4 Å². The molecule has 0 aromatic carbocycles. The fourth-order valence-corrected chi connectivity index (χ4v) is 3.16. The summed E-state index contributed by atoms with van der Waals surface area (Å²) in [5.74, 6) is 2.31. The van der Waals surface area contributed by atoms with E-state index in [4.69, 9.17) is 0 Å². The molecule has 1 aliphatic carbocycles. The molecule has 11 heavy (non-hydrogen) atoms. The Kier molecular flexibility index (Phi) is 1.05. The van der Waals surface area contributed by atoms with Crippen molar-refractivity contribution < 1.29 is 4.79 Å². The Balaban J connectivity index is 1.96. The highest BCUT2D eigenvalue weighted by Gasteiger charge is 2.46. The molecule has 0 N–H and O–H groups in total. The molecule has 3 unspecified atom stereocenters. The lowest BCUT2D eigenvalue weighted by Crippen LogP contribution is -2.58. The molecule has 3 heterocycles. The molecule has 2 heteroatoms. The van der Waals surface area contributed by atoms with Gasteiger partial charge in [-0.15, -0.1) is 0 Å². The predicted molar refractivity (Wildman–Crippen MR) is 41.2 cm³/mol. The van der Waals surface area contributed by atoms with Crippen LogP contribution in [-0.4, -0.2) is 30.3 Å². The average Bonchev–Trinajstić information content (AvgIpc) is 1.98. The molecule has 0 radical (unpaired) electrons. The molecule has 0 aromatic heterocycles. The van der Waals surface area contributed by atoms with E-state index in [1.54, 1.807) is 0 Å². The van der Waals surface area contributed by atoms with Gasteiger partial charge in [-0.2, -0.15) is 0 Å². The molecule has 2 nitrogen and oxygen atoms in total. The molecule has 0 spiro atoms. The van der Waals surface area contributed by atoms with E-state index in [-0.39, 0.29) is 0 Å². The molecule has 4 rings (SSSR count). The minimum absolute atomic E-state index is 0.432. The summed E-state index contributed by atoms with van der Waals surface area (Å²) in [7, 11) is 0. The van der Waals surface area contributed by atoms with Crippen molar-refractivity contribution in [1.29, 1.82) is 0 Å². The van der Waals surface area contributed by atoms with Crippen LogP contribution in [0.5, 0.6) is 0 Å². The Morgan fingerprint density at radius 3 is 2.27 bits per heavy atom. The molecule has 4 aliphatic rings. The van der Waals surface area contributed by atoms with Gasteiger partial charge in [0.25, 0.3) is 0 Å². The number of carbonyl (C=O) groups excluding carboxylic acids is 1. The second kappa shape index (κ2) is 1.86. The van der Waals surface area contributed by atoms with Crippen LogP contribution in [0.3, 0.4) is 0 Å². The summed E-state index contributed by atoms with van der Waals surface area (Å²) < 4.78 is 0. The largest absolute Gasteiger partial charge is 0.302 e. The van der Waals surface area contributed by atoms with Crippen LogP contribution < -0.4 is 0 Å². The zero-order valence-electron chi connectivity index (χ0n) is 6.62. The summed E-state index contributed by atoms with van der Waals surface area (Å²) in [4.78, 5) is 14.0. The van der Waals surface area contributed by atoms with Crippen LogP contribution in [0.15, 0.2) is 0 Å². The summed E-state index contributed by atoms with van der Waals surface area (Å²) in [5, 5.41) is 0. The minimum atomic E-state index is 0.432. The standard InChI is InChI=1S/C9H13NO/c11-9-7-1-6-2-8(9)5-10(3-6)4-7/h6-8H,1-5H2/t6?,7-,8?/m1/s1. The predicted octanol–water partition coefficient (Wildman–Crippen LogP) is 0.527. The maximum absolute atomic E-state index is 11.5. The van der Waals surface area contributed by atoms with Crippen molar-refractivity contribution in [3.05, 3.63) is 0 Å². The van der Waals surface area contributed by atoms with Gasteiger partial charge >= 0.3 is 0 Å². The third-order valence-corrected chi connectivity index (χ3v) is 3.51. The summed E-state index contributed by atoms with van der Waals surface area (Å²) in [5.41, 5.74) is 0. The van der Waals surface area contributed by atoms with Crippen molar-refractivity contribution in [2.75, 3.05) is 19.6 Å². The van der Waals surface area contributed by atoms with Crippen LogP contribution in [0, 0.1) is 17.8 Å². The third kappa shape index (κ3) is 0.734. The van der Waals surface area contributed by atoms with Gasteiger partial charge in [-0.05, 0) is 18.8 Å². The molecular formula is C9H13NO. The number of hydrogen-bond acceptors (Lipinski definition) is 2. The number of rotatable bonds is 0. The Morgan fingerprint density at radius 2 is 1.73 bits per heavy atom. The van der Waals surface area contributed by atoms with Crippen molar-refractivity contribution in [2.24, 2.45) is 17.8 Å². The topological polar surface area (TPSA) is 20.3 Å². The number of carbonyl (C=O) groups is 1. The van der Waals surface area contributed by atoms with Gasteiger partial charge in [-0.3, -0.25) is 4.79 Å². The quantitative estimate of drug-likeness (QED) is 0.503. The first-order valence-corrected chi connectivity index (χ1v) is 4.59. The van der Waals surface area contributed by atoms with Gasteiger partial charge in [-0.1, -0.05) is 0 Å². The number of Topliss-reactive ketones (excluding diaryl/α,β-unsaturated/α-hetero) is 1. The fraction of sp³-hybridized carbons (Fsp3) is 0.889. The molecule has 60 valence electrons.